The Morgan fingerprint density at radius 3 is 2.48 bits per heavy atom. The Balaban J connectivity index is 1.65. The van der Waals surface area contributed by atoms with Gasteiger partial charge in [0.25, 0.3) is 5.91 Å². The third-order valence-electron chi connectivity index (χ3n) is 4.58. The molecule has 0 aliphatic carbocycles. The van der Waals surface area contributed by atoms with Crippen molar-refractivity contribution < 1.29 is 23.8 Å². The molecular formula is C20H21N3O5S. The minimum Gasteiger partial charge on any atom is -0.483 e. The molecule has 1 aromatic carbocycles. The molecule has 2 unspecified atom stereocenters. The zero-order valence-corrected chi connectivity index (χ0v) is 17.0. The van der Waals surface area contributed by atoms with Crippen LogP contribution in [0.4, 0.5) is 0 Å². The van der Waals surface area contributed by atoms with E-state index in [-0.39, 0.29) is 0 Å². The van der Waals surface area contributed by atoms with Crippen LogP contribution < -0.4 is 9.47 Å². The lowest BCUT2D eigenvalue weighted by Crippen LogP contribution is -2.52. The standard InChI is InChI=1S/C20H21N3O5S/c1-14(18(24)20(2,13-21)19(25)23-8-10-26-11-9-23)27-15-3-5-16(6-4-15)28-17-7-12-29-22-17/h3-7,12,14H,8-11H2,1-2H3. The Kier molecular flexibility index (Phi) is 6.46. The molecule has 1 aromatic heterocycles. The Bertz CT molecular complexity index is 888. The molecule has 2 heterocycles. The summed E-state index contributed by atoms with van der Waals surface area (Å²) >= 11 is 1.29. The highest BCUT2D eigenvalue weighted by Crippen LogP contribution is 2.27. The van der Waals surface area contributed by atoms with E-state index in [2.05, 4.69) is 4.37 Å². The molecule has 0 N–H and O–H groups in total. The number of amides is 1. The first-order chi connectivity index (χ1) is 13.9. The fourth-order valence-corrected chi connectivity index (χ4v) is 3.36. The smallest absolute Gasteiger partial charge is 0.250 e. The first kappa shape index (κ1) is 20.8. The predicted molar refractivity (Wildman–Crippen MR) is 105 cm³/mol. The molecule has 9 heteroatoms. The molecule has 0 bridgehead atoms. The third-order valence-corrected chi connectivity index (χ3v) is 5.13. The predicted octanol–water partition coefficient (Wildman–Crippen LogP) is 2.66. The molecule has 1 amide bonds. The van der Waals surface area contributed by atoms with Gasteiger partial charge in [0, 0.05) is 24.5 Å². The number of Topliss-reactive ketones (excluding diaryl/α,β-unsaturated/α-hetero) is 1. The lowest BCUT2D eigenvalue weighted by Gasteiger charge is -2.32. The molecule has 2 atom stereocenters. The number of carbonyl (C=O) groups excluding carboxylic acids is 2. The van der Waals surface area contributed by atoms with Crippen molar-refractivity contribution in [3.8, 4) is 23.4 Å². The maximum Gasteiger partial charge on any atom is 0.250 e. The van der Waals surface area contributed by atoms with E-state index in [1.54, 1.807) is 30.3 Å². The number of morpholine rings is 1. The Morgan fingerprint density at radius 2 is 1.90 bits per heavy atom. The highest BCUT2D eigenvalue weighted by Gasteiger charge is 2.47. The van der Waals surface area contributed by atoms with E-state index >= 15 is 0 Å². The highest BCUT2D eigenvalue weighted by molar-refractivity contribution is 7.03. The average Bonchev–Trinajstić information content (AvgIpc) is 3.27. The number of aromatic nitrogens is 1. The van der Waals surface area contributed by atoms with Gasteiger partial charge in [0.05, 0.1) is 19.3 Å². The Morgan fingerprint density at radius 1 is 1.24 bits per heavy atom. The molecule has 1 aliphatic heterocycles. The Hall–Kier alpha value is -2.96. The molecule has 152 valence electrons. The molecule has 0 spiro atoms. The SMILES string of the molecule is CC(Oc1ccc(Oc2ccsn2)cc1)C(=O)C(C)(C#N)C(=O)N1CCOCC1. The van der Waals surface area contributed by atoms with Crippen LogP contribution >= 0.6 is 11.5 Å². The van der Waals surface area contributed by atoms with Gasteiger partial charge in [-0.3, -0.25) is 9.59 Å². The van der Waals surface area contributed by atoms with E-state index in [1.807, 2.05) is 11.4 Å². The molecule has 1 aliphatic rings. The van der Waals surface area contributed by atoms with Gasteiger partial charge in [0.1, 0.15) is 11.5 Å². The number of hydrogen-bond acceptors (Lipinski definition) is 8. The zero-order valence-electron chi connectivity index (χ0n) is 16.2. The van der Waals surface area contributed by atoms with Crippen molar-refractivity contribution in [2.24, 2.45) is 5.41 Å². The second-order valence-corrected chi connectivity index (χ2v) is 7.34. The van der Waals surface area contributed by atoms with E-state index < -0.39 is 23.2 Å². The number of nitrogens with zero attached hydrogens (tertiary/aromatic N) is 3. The second-order valence-electron chi connectivity index (χ2n) is 6.68. The van der Waals surface area contributed by atoms with Gasteiger partial charge in [0.2, 0.25) is 11.7 Å². The summed E-state index contributed by atoms with van der Waals surface area (Å²) in [7, 11) is 0. The third kappa shape index (κ3) is 4.72. The monoisotopic (exact) mass is 415 g/mol. The molecule has 0 radical (unpaired) electrons. The van der Waals surface area contributed by atoms with E-state index in [0.717, 1.165) is 0 Å². The van der Waals surface area contributed by atoms with Crippen molar-refractivity contribution >= 4 is 23.2 Å². The van der Waals surface area contributed by atoms with Gasteiger partial charge in [-0.2, -0.15) is 9.64 Å². The van der Waals surface area contributed by atoms with Crippen LogP contribution in [-0.2, 0) is 14.3 Å². The van der Waals surface area contributed by atoms with Crippen LogP contribution in [0, 0.1) is 16.7 Å². The van der Waals surface area contributed by atoms with Crippen molar-refractivity contribution in [3.05, 3.63) is 35.7 Å². The van der Waals surface area contributed by atoms with Crippen molar-refractivity contribution in [2.45, 2.75) is 20.0 Å². The maximum absolute atomic E-state index is 12.9. The van der Waals surface area contributed by atoms with Gasteiger partial charge >= 0.3 is 0 Å². The highest BCUT2D eigenvalue weighted by atomic mass is 32.1. The largest absolute Gasteiger partial charge is 0.483 e. The number of ether oxygens (including phenoxy) is 3. The zero-order chi connectivity index (χ0) is 20.9. The number of nitriles is 1. The normalized spacial score (nSPS) is 16.9. The average molecular weight is 415 g/mol. The van der Waals surface area contributed by atoms with Crippen LogP contribution in [0.2, 0.25) is 0 Å². The quantitative estimate of drug-likeness (QED) is 0.641. The van der Waals surface area contributed by atoms with Gasteiger partial charge in [-0.25, -0.2) is 0 Å². The topological polar surface area (TPSA) is 102 Å². The molecule has 3 rings (SSSR count). The van der Waals surface area contributed by atoms with Crippen molar-refractivity contribution in [1.82, 2.24) is 9.27 Å². The summed E-state index contributed by atoms with van der Waals surface area (Å²) in [6.45, 7) is 4.38. The van der Waals surface area contributed by atoms with Gasteiger partial charge in [0.15, 0.2) is 11.5 Å². The molecular weight excluding hydrogens is 394 g/mol. The molecule has 8 nitrogen and oxygen atoms in total. The number of carbonyl (C=O) groups is 2. The maximum atomic E-state index is 12.9. The summed E-state index contributed by atoms with van der Waals surface area (Å²) in [6.07, 6.45) is -0.977. The van der Waals surface area contributed by atoms with Gasteiger partial charge in [-0.1, -0.05) is 0 Å². The molecule has 1 saturated heterocycles. The first-order valence-electron chi connectivity index (χ1n) is 9.11. The summed E-state index contributed by atoms with van der Waals surface area (Å²) in [5.41, 5.74) is -1.82. The summed E-state index contributed by atoms with van der Waals surface area (Å²) in [4.78, 5) is 27.2. The second kappa shape index (κ2) is 9.03. The fourth-order valence-electron chi connectivity index (χ4n) is 2.92. The van der Waals surface area contributed by atoms with Crippen LogP contribution in [0.5, 0.6) is 17.4 Å². The first-order valence-corrected chi connectivity index (χ1v) is 9.95. The van der Waals surface area contributed by atoms with E-state index in [4.69, 9.17) is 14.2 Å². The lowest BCUT2D eigenvalue weighted by atomic mass is 9.83. The van der Waals surface area contributed by atoms with Crippen LogP contribution in [0.1, 0.15) is 13.8 Å². The van der Waals surface area contributed by atoms with Crippen molar-refractivity contribution in [3.63, 3.8) is 0 Å². The van der Waals surface area contributed by atoms with Crippen LogP contribution in [0.3, 0.4) is 0 Å². The van der Waals surface area contributed by atoms with Crippen LogP contribution in [-0.4, -0.2) is 53.4 Å². The van der Waals surface area contributed by atoms with Gasteiger partial charge in [-0.05, 0) is 49.6 Å². The van der Waals surface area contributed by atoms with E-state index in [1.165, 1.54) is 30.3 Å². The van der Waals surface area contributed by atoms with Crippen LogP contribution in [0.25, 0.3) is 0 Å². The summed E-state index contributed by atoms with van der Waals surface area (Å²) in [5, 5.41) is 11.4. The molecule has 2 aromatic rings. The summed E-state index contributed by atoms with van der Waals surface area (Å²) in [5.74, 6) is 0.399. The number of benzene rings is 1. The molecule has 0 saturated carbocycles. The van der Waals surface area contributed by atoms with Crippen molar-refractivity contribution in [1.29, 1.82) is 5.26 Å². The van der Waals surface area contributed by atoms with Crippen molar-refractivity contribution in [2.75, 3.05) is 26.3 Å². The molecule has 29 heavy (non-hydrogen) atoms. The van der Waals surface area contributed by atoms with E-state index in [9.17, 15) is 14.9 Å². The number of rotatable bonds is 7. The number of ketones is 1. The van der Waals surface area contributed by atoms with Gasteiger partial charge in [-0.15, -0.1) is 0 Å². The molecule has 1 fully saturated rings. The number of hydrogen-bond donors (Lipinski definition) is 0. The lowest BCUT2D eigenvalue weighted by molar-refractivity contribution is -0.150. The van der Waals surface area contributed by atoms with Crippen LogP contribution in [0.15, 0.2) is 35.7 Å². The minimum absolute atomic E-state index is 0.360. The van der Waals surface area contributed by atoms with E-state index in [0.29, 0.717) is 43.7 Å². The Labute approximate surface area is 172 Å². The fraction of sp³-hybridized carbons (Fsp3) is 0.400. The van der Waals surface area contributed by atoms with Gasteiger partial charge < -0.3 is 19.1 Å². The summed E-state index contributed by atoms with van der Waals surface area (Å²) < 4.78 is 20.5. The summed E-state index contributed by atoms with van der Waals surface area (Å²) in [6, 6.07) is 10.3. The minimum atomic E-state index is -1.82.